The van der Waals surface area contributed by atoms with Gasteiger partial charge in [-0.1, -0.05) is 24.3 Å². The van der Waals surface area contributed by atoms with E-state index in [9.17, 15) is 9.18 Å². The molecule has 1 atom stereocenters. The van der Waals surface area contributed by atoms with Crippen LogP contribution in [-0.2, 0) is 16.1 Å². The SMILES string of the molecule is Cc1cccc(OCC(=O)N(Cc2ccc(F)cc2)CC2CCCO2)c1. The largest absolute Gasteiger partial charge is 0.484 e. The van der Waals surface area contributed by atoms with Crippen LogP contribution in [-0.4, -0.2) is 36.7 Å². The van der Waals surface area contributed by atoms with Crippen LogP contribution in [0.25, 0.3) is 0 Å². The number of carbonyl (C=O) groups excluding carboxylic acids is 1. The monoisotopic (exact) mass is 357 g/mol. The Morgan fingerprint density at radius 1 is 1.27 bits per heavy atom. The lowest BCUT2D eigenvalue weighted by molar-refractivity contribution is -0.135. The van der Waals surface area contributed by atoms with Crippen LogP contribution in [0.1, 0.15) is 24.0 Å². The lowest BCUT2D eigenvalue weighted by Crippen LogP contribution is -2.39. The van der Waals surface area contributed by atoms with E-state index in [-0.39, 0.29) is 24.4 Å². The van der Waals surface area contributed by atoms with Crippen molar-refractivity contribution in [3.63, 3.8) is 0 Å². The number of benzene rings is 2. The fourth-order valence-electron chi connectivity index (χ4n) is 3.04. The number of aryl methyl sites for hydroxylation is 1. The molecule has 0 aliphatic carbocycles. The molecule has 26 heavy (non-hydrogen) atoms. The number of hydrogen-bond donors (Lipinski definition) is 0. The first-order chi connectivity index (χ1) is 12.6. The summed E-state index contributed by atoms with van der Waals surface area (Å²) in [4.78, 5) is 14.5. The van der Waals surface area contributed by atoms with Crippen molar-refractivity contribution in [3.8, 4) is 5.75 Å². The molecule has 0 N–H and O–H groups in total. The Labute approximate surface area is 153 Å². The summed E-state index contributed by atoms with van der Waals surface area (Å²) in [6, 6.07) is 13.8. The molecule has 1 heterocycles. The second kappa shape index (κ2) is 8.81. The second-order valence-corrected chi connectivity index (χ2v) is 6.64. The Morgan fingerprint density at radius 2 is 2.08 bits per heavy atom. The molecule has 2 aromatic rings. The molecule has 0 aromatic heterocycles. The first kappa shape index (κ1) is 18.4. The van der Waals surface area contributed by atoms with Crippen LogP contribution in [0, 0.1) is 12.7 Å². The standard InChI is InChI=1S/C21H24FNO3/c1-16-4-2-5-19(12-16)26-15-21(24)23(14-20-6-3-11-25-20)13-17-7-9-18(22)10-8-17/h2,4-5,7-10,12,20H,3,6,11,13-15H2,1H3. The number of carbonyl (C=O) groups is 1. The predicted molar refractivity (Wildman–Crippen MR) is 97.5 cm³/mol. The molecule has 138 valence electrons. The van der Waals surface area contributed by atoms with Gasteiger partial charge in [0, 0.05) is 19.7 Å². The van der Waals surface area contributed by atoms with Crippen molar-refractivity contribution in [1.82, 2.24) is 4.90 Å². The van der Waals surface area contributed by atoms with Gasteiger partial charge in [0.05, 0.1) is 6.10 Å². The van der Waals surface area contributed by atoms with Crippen molar-refractivity contribution in [2.24, 2.45) is 0 Å². The van der Waals surface area contributed by atoms with E-state index in [4.69, 9.17) is 9.47 Å². The van der Waals surface area contributed by atoms with Gasteiger partial charge < -0.3 is 14.4 Å². The van der Waals surface area contributed by atoms with Crippen LogP contribution in [0.3, 0.4) is 0 Å². The summed E-state index contributed by atoms with van der Waals surface area (Å²) in [7, 11) is 0. The molecule has 5 heteroatoms. The molecule has 3 rings (SSSR count). The van der Waals surface area contributed by atoms with Gasteiger partial charge in [-0.3, -0.25) is 4.79 Å². The average molecular weight is 357 g/mol. The maximum atomic E-state index is 13.1. The lowest BCUT2D eigenvalue weighted by Gasteiger charge is -2.25. The van der Waals surface area contributed by atoms with Gasteiger partial charge in [0.2, 0.25) is 0 Å². The third-order valence-corrected chi connectivity index (χ3v) is 4.44. The minimum absolute atomic E-state index is 0.0304. The second-order valence-electron chi connectivity index (χ2n) is 6.64. The number of hydrogen-bond acceptors (Lipinski definition) is 3. The molecule has 1 aliphatic rings. The summed E-state index contributed by atoms with van der Waals surface area (Å²) in [5.74, 6) is 0.289. The highest BCUT2D eigenvalue weighted by molar-refractivity contribution is 5.77. The minimum atomic E-state index is -0.284. The highest BCUT2D eigenvalue weighted by Crippen LogP contribution is 2.17. The van der Waals surface area contributed by atoms with E-state index >= 15 is 0 Å². The fraction of sp³-hybridized carbons (Fsp3) is 0.381. The normalized spacial score (nSPS) is 16.5. The summed E-state index contributed by atoms with van der Waals surface area (Å²) in [5, 5.41) is 0. The molecule has 1 unspecified atom stereocenters. The Morgan fingerprint density at radius 3 is 2.77 bits per heavy atom. The van der Waals surface area contributed by atoms with Gasteiger partial charge in [0.25, 0.3) is 5.91 Å². The first-order valence-corrected chi connectivity index (χ1v) is 8.93. The van der Waals surface area contributed by atoms with Crippen LogP contribution in [0.5, 0.6) is 5.75 Å². The number of amides is 1. The van der Waals surface area contributed by atoms with Gasteiger partial charge in [-0.15, -0.1) is 0 Å². The van der Waals surface area contributed by atoms with E-state index in [0.29, 0.717) is 18.8 Å². The van der Waals surface area contributed by atoms with Crippen molar-refractivity contribution < 1.29 is 18.7 Å². The fourth-order valence-corrected chi connectivity index (χ4v) is 3.04. The van der Waals surface area contributed by atoms with E-state index < -0.39 is 0 Å². The molecule has 2 aromatic carbocycles. The summed E-state index contributed by atoms with van der Waals surface area (Å²) in [6.45, 7) is 3.62. The molecule has 1 saturated heterocycles. The van der Waals surface area contributed by atoms with Crippen LogP contribution < -0.4 is 4.74 Å². The van der Waals surface area contributed by atoms with Crippen LogP contribution in [0.4, 0.5) is 4.39 Å². The Kier molecular flexibility index (Phi) is 6.23. The Bertz CT molecular complexity index is 726. The van der Waals surface area contributed by atoms with Gasteiger partial charge in [-0.25, -0.2) is 4.39 Å². The number of halogens is 1. The topological polar surface area (TPSA) is 38.8 Å². The predicted octanol–water partition coefficient (Wildman–Crippen LogP) is 3.72. The van der Waals surface area contributed by atoms with Gasteiger partial charge in [-0.2, -0.15) is 0 Å². The van der Waals surface area contributed by atoms with E-state index in [0.717, 1.165) is 30.6 Å². The van der Waals surface area contributed by atoms with Crippen LogP contribution in [0.2, 0.25) is 0 Å². The number of nitrogens with zero attached hydrogens (tertiary/aromatic N) is 1. The van der Waals surface area contributed by atoms with Crippen LogP contribution >= 0.6 is 0 Å². The zero-order chi connectivity index (χ0) is 18.4. The number of ether oxygens (including phenoxy) is 2. The molecule has 0 radical (unpaired) electrons. The van der Waals surface area contributed by atoms with Gasteiger partial charge in [0.15, 0.2) is 6.61 Å². The smallest absolute Gasteiger partial charge is 0.260 e. The zero-order valence-electron chi connectivity index (χ0n) is 15.0. The summed E-state index contributed by atoms with van der Waals surface area (Å²) in [6.07, 6.45) is 2.02. The summed E-state index contributed by atoms with van der Waals surface area (Å²) >= 11 is 0. The maximum Gasteiger partial charge on any atom is 0.260 e. The molecule has 1 amide bonds. The van der Waals surface area contributed by atoms with Gasteiger partial charge in [0.1, 0.15) is 11.6 Å². The van der Waals surface area contributed by atoms with Gasteiger partial charge >= 0.3 is 0 Å². The van der Waals surface area contributed by atoms with Crippen LogP contribution in [0.15, 0.2) is 48.5 Å². The van der Waals surface area contributed by atoms with Crippen molar-refractivity contribution in [1.29, 1.82) is 0 Å². The van der Waals surface area contributed by atoms with Crippen molar-refractivity contribution in [2.75, 3.05) is 19.8 Å². The molecule has 1 aliphatic heterocycles. The summed E-state index contributed by atoms with van der Waals surface area (Å²) < 4.78 is 24.5. The van der Waals surface area contributed by atoms with E-state index in [1.165, 1.54) is 12.1 Å². The van der Waals surface area contributed by atoms with E-state index in [1.807, 2.05) is 31.2 Å². The quantitative estimate of drug-likeness (QED) is 0.758. The van der Waals surface area contributed by atoms with E-state index in [2.05, 4.69) is 0 Å². The van der Waals surface area contributed by atoms with Crippen molar-refractivity contribution >= 4 is 5.91 Å². The summed E-state index contributed by atoms with van der Waals surface area (Å²) in [5.41, 5.74) is 1.96. The molecular formula is C21H24FNO3. The highest BCUT2D eigenvalue weighted by Gasteiger charge is 2.23. The van der Waals surface area contributed by atoms with E-state index in [1.54, 1.807) is 17.0 Å². The molecule has 4 nitrogen and oxygen atoms in total. The minimum Gasteiger partial charge on any atom is -0.484 e. The third kappa shape index (κ3) is 5.30. The molecule has 1 fully saturated rings. The highest BCUT2D eigenvalue weighted by atomic mass is 19.1. The third-order valence-electron chi connectivity index (χ3n) is 4.44. The van der Waals surface area contributed by atoms with Crippen molar-refractivity contribution in [3.05, 3.63) is 65.5 Å². The maximum absolute atomic E-state index is 13.1. The van der Waals surface area contributed by atoms with Gasteiger partial charge in [-0.05, 0) is 55.2 Å². The molecule has 0 saturated carbocycles. The Hall–Kier alpha value is -2.40. The zero-order valence-corrected chi connectivity index (χ0v) is 15.0. The lowest BCUT2D eigenvalue weighted by atomic mass is 10.1. The first-order valence-electron chi connectivity index (χ1n) is 8.93. The average Bonchev–Trinajstić information content (AvgIpc) is 3.14. The number of rotatable bonds is 7. The van der Waals surface area contributed by atoms with Crippen molar-refractivity contribution in [2.45, 2.75) is 32.4 Å². The Balaban J connectivity index is 1.64. The molecular weight excluding hydrogens is 333 g/mol. The molecule has 0 bridgehead atoms. The molecule has 0 spiro atoms.